The number of hydrogen-bond donors (Lipinski definition) is 3. The SMILES string of the molecule is Nn1c(SCC(=O)NNC(=O)c2ccc([N+](=O)[O-])cc2)nnc1-c1ccc(OC(F)F)cc1. The Bertz CT molecular complexity index is 1160. The smallest absolute Gasteiger partial charge is 0.387 e. The molecule has 0 radical (unpaired) electrons. The van der Waals surface area contributed by atoms with Crippen LogP contribution in [-0.4, -0.2) is 44.0 Å². The minimum Gasteiger partial charge on any atom is -0.435 e. The number of benzene rings is 2. The van der Waals surface area contributed by atoms with Crippen molar-refractivity contribution >= 4 is 29.3 Å². The monoisotopic (exact) mass is 479 g/mol. The molecule has 0 fully saturated rings. The lowest BCUT2D eigenvalue weighted by atomic mass is 10.2. The minimum absolute atomic E-state index is 0.0288. The van der Waals surface area contributed by atoms with Gasteiger partial charge in [-0.1, -0.05) is 11.8 Å². The third kappa shape index (κ3) is 6.13. The molecule has 2 aromatic carbocycles. The van der Waals surface area contributed by atoms with Crippen molar-refractivity contribution in [1.82, 2.24) is 25.7 Å². The first kappa shape index (κ1) is 23.4. The summed E-state index contributed by atoms with van der Waals surface area (Å²) >= 11 is 0.937. The van der Waals surface area contributed by atoms with Gasteiger partial charge in [0.1, 0.15) is 5.75 Å². The Morgan fingerprint density at radius 3 is 2.39 bits per heavy atom. The van der Waals surface area contributed by atoms with Crippen molar-refractivity contribution in [1.29, 1.82) is 0 Å². The number of nitrogen functional groups attached to an aromatic ring is 1. The molecule has 0 atom stereocenters. The molecule has 1 aromatic heterocycles. The van der Waals surface area contributed by atoms with Gasteiger partial charge >= 0.3 is 6.61 Å². The number of hydrogen-bond acceptors (Lipinski definition) is 9. The Morgan fingerprint density at radius 1 is 1.12 bits per heavy atom. The van der Waals surface area contributed by atoms with Crippen LogP contribution in [0.4, 0.5) is 14.5 Å². The van der Waals surface area contributed by atoms with E-state index in [2.05, 4.69) is 25.8 Å². The molecule has 12 nitrogen and oxygen atoms in total. The number of nitrogens with one attached hydrogen (secondary N) is 2. The van der Waals surface area contributed by atoms with Crippen LogP contribution in [0, 0.1) is 10.1 Å². The van der Waals surface area contributed by atoms with E-state index in [0.29, 0.717) is 5.56 Å². The molecule has 0 aliphatic carbocycles. The number of halogens is 2. The average Bonchev–Trinajstić information content (AvgIpc) is 3.16. The number of nitrogens with zero attached hydrogens (tertiary/aromatic N) is 4. The summed E-state index contributed by atoms with van der Waals surface area (Å²) in [7, 11) is 0. The summed E-state index contributed by atoms with van der Waals surface area (Å²) in [6, 6.07) is 10.4. The number of rotatable bonds is 8. The maximum Gasteiger partial charge on any atom is 0.387 e. The quantitative estimate of drug-likeness (QED) is 0.189. The number of thioether (sulfide) groups is 1. The highest BCUT2D eigenvalue weighted by Gasteiger charge is 2.15. The van der Waals surface area contributed by atoms with Crippen molar-refractivity contribution in [2.24, 2.45) is 0 Å². The zero-order valence-corrected chi connectivity index (χ0v) is 17.3. The van der Waals surface area contributed by atoms with E-state index in [9.17, 15) is 28.5 Å². The lowest BCUT2D eigenvalue weighted by molar-refractivity contribution is -0.384. The van der Waals surface area contributed by atoms with Gasteiger partial charge in [-0.2, -0.15) is 8.78 Å². The van der Waals surface area contributed by atoms with Crippen LogP contribution in [0.25, 0.3) is 11.4 Å². The zero-order chi connectivity index (χ0) is 24.0. The number of aromatic nitrogens is 3. The highest BCUT2D eigenvalue weighted by Crippen LogP contribution is 2.24. The van der Waals surface area contributed by atoms with Crippen LogP contribution in [0.2, 0.25) is 0 Å². The fraction of sp³-hybridized carbons (Fsp3) is 0.111. The molecule has 0 spiro atoms. The Labute approximate surface area is 188 Å². The average molecular weight is 479 g/mol. The van der Waals surface area contributed by atoms with E-state index in [4.69, 9.17) is 5.84 Å². The van der Waals surface area contributed by atoms with Crippen molar-refractivity contribution in [2.75, 3.05) is 11.6 Å². The number of hydrazine groups is 1. The summed E-state index contributed by atoms with van der Waals surface area (Å²) < 4.78 is 29.9. The highest BCUT2D eigenvalue weighted by atomic mass is 32.2. The maximum absolute atomic E-state index is 12.2. The second-order valence-electron chi connectivity index (χ2n) is 6.17. The van der Waals surface area contributed by atoms with Crippen molar-refractivity contribution in [3.8, 4) is 17.1 Å². The summed E-state index contributed by atoms with van der Waals surface area (Å²) in [6.45, 7) is -2.94. The van der Waals surface area contributed by atoms with Crippen LogP contribution in [0.3, 0.4) is 0 Å². The third-order valence-corrected chi connectivity index (χ3v) is 4.93. The van der Waals surface area contributed by atoms with Crippen molar-refractivity contribution in [3.05, 3.63) is 64.2 Å². The van der Waals surface area contributed by atoms with Gasteiger partial charge in [0, 0.05) is 23.3 Å². The number of carbonyl (C=O) groups is 2. The Balaban J connectivity index is 1.52. The van der Waals surface area contributed by atoms with Crippen LogP contribution in [0.5, 0.6) is 5.75 Å². The first-order chi connectivity index (χ1) is 15.7. The number of alkyl halides is 2. The van der Waals surface area contributed by atoms with Gasteiger partial charge in [-0.3, -0.25) is 30.6 Å². The van der Waals surface area contributed by atoms with E-state index in [1.165, 1.54) is 36.4 Å². The minimum atomic E-state index is -2.94. The van der Waals surface area contributed by atoms with Gasteiger partial charge in [0.2, 0.25) is 11.1 Å². The van der Waals surface area contributed by atoms with Crippen molar-refractivity contribution in [2.45, 2.75) is 11.8 Å². The number of nitrogens with two attached hydrogens (primary N) is 1. The van der Waals surface area contributed by atoms with Crippen LogP contribution in [-0.2, 0) is 4.79 Å². The topological polar surface area (TPSA) is 167 Å². The standard InChI is InChI=1S/C18H15F2N7O5S/c19-17(20)32-13-7-3-10(4-8-13)15-23-25-18(26(15)21)33-9-14(28)22-24-16(29)11-1-5-12(6-2-11)27(30)31/h1-8,17H,9,21H2,(H,22,28)(H,24,29). The zero-order valence-electron chi connectivity index (χ0n) is 16.5. The first-order valence-corrected chi connectivity index (χ1v) is 9.95. The summed E-state index contributed by atoms with van der Waals surface area (Å²) in [4.78, 5) is 34.0. The van der Waals surface area contributed by atoms with Gasteiger partial charge < -0.3 is 10.6 Å². The molecule has 0 aliphatic rings. The lowest BCUT2D eigenvalue weighted by Crippen LogP contribution is -2.42. The maximum atomic E-state index is 12.2. The molecule has 0 unspecified atom stereocenters. The summed E-state index contributed by atoms with van der Waals surface area (Å²) in [6.07, 6.45) is 0. The number of non-ortho nitro benzene ring substituents is 1. The second-order valence-corrected chi connectivity index (χ2v) is 7.12. The molecule has 172 valence electrons. The number of amides is 2. The molecule has 15 heteroatoms. The summed E-state index contributed by atoms with van der Waals surface area (Å²) in [5.41, 5.74) is 4.82. The Kier molecular flexibility index (Phi) is 7.34. The van der Waals surface area contributed by atoms with E-state index in [1.807, 2.05) is 0 Å². The fourth-order valence-electron chi connectivity index (χ4n) is 2.46. The van der Waals surface area contributed by atoms with Gasteiger partial charge in [0.15, 0.2) is 5.82 Å². The van der Waals surface area contributed by atoms with Gasteiger partial charge in [-0.15, -0.1) is 10.2 Å². The molecule has 3 rings (SSSR count). The molecule has 1 heterocycles. The predicted octanol–water partition coefficient (Wildman–Crippen LogP) is 1.72. The van der Waals surface area contributed by atoms with Crippen molar-refractivity contribution in [3.63, 3.8) is 0 Å². The number of nitro benzene ring substituents is 1. The first-order valence-electron chi connectivity index (χ1n) is 8.96. The van der Waals surface area contributed by atoms with E-state index in [0.717, 1.165) is 28.6 Å². The third-order valence-electron chi connectivity index (χ3n) is 3.99. The number of carbonyl (C=O) groups excluding carboxylic acids is 2. The number of ether oxygens (including phenoxy) is 1. The molecular weight excluding hydrogens is 464 g/mol. The predicted molar refractivity (Wildman–Crippen MR) is 112 cm³/mol. The fourth-order valence-corrected chi connectivity index (χ4v) is 3.11. The molecular formula is C18H15F2N7O5S. The normalized spacial score (nSPS) is 10.6. The van der Waals surface area contributed by atoms with Crippen LogP contribution >= 0.6 is 11.8 Å². The highest BCUT2D eigenvalue weighted by molar-refractivity contribution is 7.99. The van der Waals surface area contributed by atoms with Gasteiger partial charge in [-0.25, -0.2) is 4.68 Å². The number of nitro groups is 1. The van der Waals surface area contributed by atoms with E-state index < -0.39 is 23.3 Å². The van der Waals surface area contributed by atoms with Crippen LogP contribution in [0.15, 0.2) is 53.7 Å². The Hall–Kier alpha value is -4.27. The molecule has 0 saturated carbocycles. The summed E-state index contributed by atoms with van der Waals surface area (Å²) in [5.74, 6) is 4.74. The molecule has 33 heavy (non-hydrogen) atoms. The summed E-state index contributed by atoms with van der Waals surface area (Å²) in [5, 5.41) is 18.6. The largest absolute Gasteiger partial charge is 0.435 e. The van der Waals surface area contributed by atoms with E-state index >= 15 is 0 Å². The van der Waals surface area contributed by atoms with Gasteiger partial charge in [0.05, 0.1) is 10.7 Å². The van der Waals surface area contributed by atoms with Crippen molar-refractivity contribution < 1.29 is 28.0 Å². The second kappa shape index (κ2) is 10.4. The molecule has 0 saturated heterocycles. The van der Waals surface area contributed by atoms with Gasteiger partial charge in [-0.05, 0) is 36.4 Å². The van der Waals surface area contributed by atoms with Crippen LogP contribution in [0.1, 0.15) is 10.4 Å². The molecule has 0 bridgehead atoms. The van der Waals surface area contributed by atoms with Gasteiger partial charge in [0.25, 0.3) is 11.6 Å². The molecule has 2 amide bonds. The van der Waals surface area contributed by atoms with Crippen LogP contribution < -0.4 is 21.4 Å². The van der Waals surface area contributed by atoms with E-state index in [1.54, 1.807) is 0 Å². The molecule has 3 aromatic rings. The van der Waals surface area contributed by atoms with E-state index in [-0.39, 0.29) is 33.7 Å². The Morgan fingerprint density at radius 2 is 1.79 bits per heavy atom. The molecule has 4 N–H and O–H groups in total. The molecule has 0 aliphatic heterocycles. The lowest BCUT2D eigenvalue weighted by Gasteiger charge is -2.08.